The summed E-state index contributed by atoms with van der Waals surface area (Å²) in [5, 5.41) is 18.6. The predicted molar refractivity (Wildman–Crippen MR) is 83.5 cm³/mol. The van der Waals surface area contributed by atoms with Gasteiger partial charge < -0.3 is 16.2 Å². The third kappa shape index (κ3) is 3.87. The lowest BCUT2D eigenvalue weighted by molar-refractivity contribution is 0.144. The quantitative estimate of drug-likeness (QED) is 0.496. The monoisotopic (exact) mass is 313 g/mol. The Morgan fingerprint density at radius 2 is 1.90 bits per heavy atom. The summed E-state index contributed by atoms with van der Waals surface area (Å²) in [5.41, 5.74) is 7.25. The molecular formula is C14H23N3O3S. The average molecular weight is 313 g/mol. The smallest absolute Gasteiger partial charge is 0.238 e. The SMILES string of the molecule is Cc1c(NC2CCCCCC2O)cc(N)cc1S(N)(=O)=O. The number of sulfonamides is 1. The molecule has 0 aliphatic heterocycles. The number of benzene rings is 1. The van der Waals surface area contributed by atoms with Crippen molar-refractivity contribution in [1.82, 2.24) is 0 Å². The molecule has 0 radical (unpaired) electrons. The number of nitrogen functional groups attached to an aromatic ring is 1. The van der Waals surface area contributed by atoms with E-state index in [4.69, 9.17) is 10.9 Å². The second-order valence-corrected chi connectivity index (χ2v) is 7.22. The molecule has 21 heavy (non-hydrogen) atoms. The van der Waals surface area contributed by atoms with E-state index in [0.29, 0.717) is 16.9 Å². The number of hydrogen-bond acceptors (Lipinski definition) is 5. The topological polar surface area (TPSA) is 118 Å². The molecular weight excluding hydrogens is 290 g/mol. The van der Waals surface area contributed by atoms with E-state index in [1.165, 1.54) is 6.07 Å². The van der Waals surface area contributed by atoms with E-state index in [1.807, 2.05) is 0 Å². The highest BCUT2D eigenvalue weighted by Crippen LogP contribution is 2.29. The lowest BCUT2D eigenvalue weighted by Crippen LogP contribution is -2.33. The van der Waals surface area contributed by atoms with Gasteiger partial charge in [-0.15, -0.1) is 0 Å². The van der Waals surface area contributed by atoms with Gasteiger partial charge in [0.05, 0.1) is 17.0 Å². The lowest BCUT2D eigenvalue weighted by atomic mass is 10.0. The summed E-state index contributed by atoms with van der Waals surface area (Å²) < 4.78 is 23.2. The molecule has 1 aliphatic carbocycles. The zero-order valence-electron chi connectivity index (χ0n) is 12.2. The largest absolute Gasteiger partial charge is 0.399 e. The Morgan fingerprint density at radius 3 is 2.57 bits per heavy atom. The fourth-order valence-electron chi connectivity index (χ4n) is 2.81. The molecule has 6 nitrogen and oxygen atoms in total. The van der Waals surface area contributed by atoms with Crippen molar-refractivity contribution >= 4 is 21.4 Å². The van der Waals surface area contributed by atoms with E-state index >= 15 is 0 Å². The van der Waals surface area contributed by atoms with Crippen LogP contribution in [0.1, 0.15) is 37.7 Å². The molecule has 118 valence electrons. The van der Waals surface area contributed by atoms with E-state index in [2.05, 4.69) is 5.32 Å². The Hall–Kier alpha value is -1.31. The Morgan fingerprint density at radius 1 is 1.24 bits per heavy atom. The van der Waals surface area contributed by atoms with Gasteiger partial charge in [0.25, 0.3) is 0 Å². The van der Waals surface area contributed by atoms with Crippen LogP contribution in [0.15, 0.2) is 17.0 Å². The molecule has 1 aliphatic rings. The molecule has 2 rings (SSSR count). The Labute approximate surface area is 125 Å². The van der Waals surface area contributed by atoms with Crippen LogP contribution in [0.2, 0.25) is 0 Å². The first-order valence-electron chi connectivity index (χ1n) is 7.16. The molecule has 0 saturated heterocycles. The predicted octanol–water partition coefficient (Wildman–Crippen LogP) is 1.33. The number of rotatable bonds is 3. The van der Waals surface area contributed by atoms with Crippen molar-refractivity contribution in [2.75, 3.05) is 11.1 Å². The summed E-state index contributed by atoms with van der Waals surface area (Å²) >= 11 is 0. The summed E-state index contributed by atoms with van der Waals surface area (Å²) in [4.78, 5) is 0.0214. The minimum Gasteiger partial charge on any atom is -0.399 e. The normalized spacial score (nSPS) is 23.6. The van der Waals surface area contributed by atoms with Crippen LogP contribution in [0.4, 0.5) is 11.4 Å². The fraction of sp³-hybridized carbons (Fsp3) is 0.571. The number of nitrogens with one attached hydrogen (secondary N) is 1. The third-order valence-electron chi connectivity index (χ3n) is 4.01. The molecule has 1 saturated carbocycles. The molecule has 0 amide bonds. The van der Waals surface area contributed by atoms with Gasteiger partial charge in [0.15, 0.2) is 0 Å². The Bertz CT molecular complexity index is 616. The van der Waals surface area contributed by atoms with Crippen molar-refractivity contribution in [1.29, 1.82) is 0 Å². The molecule has 1 aromatic rings. The third-order valence-corrected chi connectivity index (χ3v) is 5.05. The van der Waals surface area contributed by atoms with Gasteiger partial charge in [0, 0.05) is 11.4 Å². The summed E-state index contributed by atoms with van der Waals surface area (Å²) in [5.74, 6) is 0. The Kier molecular flexibility index (Phi) is 4.75. The molecule has 0 aromatic heterocycles. The molecule has 0 spiro atoms. The van der Waals surface area contributed by atoms with Crippen molar-refractivity contribution in [3.8, 4) is 0 Å². The summed E-state index contributed by atoms with van der Waals surface area (Å²) in [6, 6.07) is 2.95. The molecule has 1 aromatic carbocycles. The van der Waals surface area contributed by atoms with Crippen molar-refractivity contribution in [2.24, 2.45) is 5.14 Å². The molecule has 2 unspecified atom stereocenters. The summed E-state index contributed by atoms with van der Waals surface area (Å²) in [7, 11) is -3.82. The van der Waals surface area contributed by atoms with Crippen LogP contribution in [0.5, 0.6) is 0 Å². The van der Waals surface area contributed by atoms with E-state index in [0.717, 1.165) is 32.1 Å². The van der Waals surface area contributed by atoms with Crippen molar-refractivity contribution in [3.05, 3.63) is 17.7 Å². The van der Waals surface area contributed by atoms with Gasteiger partial charge in [0.2, 0.25) is 10.0 Å². The van der Waals surface area contributed by atoms with Gasteiger partial charge in [-0.2, -0.15) is 0 Å². The first-order valence-corrected chi connectivity index (χ1v) is 8.71. The van der Waals surface area contributed by atoms with Crippen LogP contribution in [0, 0.1) is 6.92 Å². The average Bonchev–Trinajstić information content (AvgIpc) is 2.57. The highest BCUT2D eigenvalue weighted by molar-refractivity contribution is 7.89. The van der Waals surface area contributed by atoms with Crippen LogP contribution >= 0.6 is 0 Å². The van der Waals surface area contributed by atoms with Gasteiger partial charge in [0.1, 0.15) is 0 Å². The number of anilines is 2. The van der Waals surface area contributed by atoms with Gasteiger partial charge in [-0.3, -0.25) is 0 Å². The number of hydrogen-bond donors (Lipinski definition) is 4. The van der Waals surface area contributed by atoms with Crippen molar-refractivity contribution < 1.29 is 13.5 Å². The minimum absolute atomic E-state index is 0.0214. The second-order valence-electron chi connectivity index (χ2n) is 5.69. The van der Waals surface area contributed by atoms with Crippen molar-refractivity contribution in [3.63, 3.8) is 0 Å². The first-order chi connectivity index (χ1) is 9.79. The fourth-order valence-corrected chi connectivity index (χ4v) is 3.65. The lowest BCUT2D eigenvalue weighted by Gasteiger charge is -2.24. The van der Waals surface area contributed by atoms with Gasteiger partial charge in [-0.25, -0.2) is 13.6 Å². The molecule has 0 bridgehead atoms. The minimum atomic E-state index is -3.82. The van der Waals surface area contributed by atoms with Gasteiger partial charge in [-0.1, -0.05) is 19.3 Å². The van der Waals surface area contributed by atoms with Crippen LogP contribution in [-0.4, -0.2) is 25.7 Å². The van der Waals surface area contributed by atoms with Crippen LogP contribution in [0.25, 0.3) is 0 Å². The van der Waals surface area contributed by atoms with Crippen LogP contribution < -0.4 is 16.2 Å². The second kappa shape index (κ2) is 6.21. The zero-order valence-corrected chi connectivity index (χ0v) is 13.0. The van der Waals surface area contributed by atoms with E-state index in [-0.39, 0.29) is 10.9 Å². The van der Waals surface area contributed by atoms with E-state index in [9.17, 15) is 13.5 Å². The van der Waals surface area contributed by atoms with Crippen LogP contribution in [-0.2, 0) is 10.0 Å². The number of aliphatic hydroxyl groups excluding tert-OH is 1. The molecule has 2 atom stereocenters. The maximum Gasteiger partial charge on any atom is 0.238 e. The number of aliphatic hydroxyl groups is 1. The first kappa shape index (κ1) is 16.1. The van der Waals surface area contributed by atoms with E-state index in [1.54, 1.807) is 13.0 Å². The summed E-state index contributed by atoms with van der Waals surface area (Å²) in [6.45, 7) is 1.69. The summed E-state index contributed by atoms with van der Waals surface area (Å²) in [6.07, 6.45) is 4.32. The highest BCUT2D eigenvalue weighted by atomic mass is 32.2. The molecule has 6 N–H and O–H groups in total. The maximum atomic E-state index is 11.6. The highest BCUT2D eigenvalue weighted by Gasteiger charge is 2.23. The molecule has 7 heteroatoms. The van der Waals surface area contributed by atoms with Gasteiger partial charge in [-0.05, 0) is 37.5 Å². The standard InChI is InChI=1S/C14H23N3O3S/c1-9-12(7-10(15)8-14(9)21(16,19)20)17-11-5-3-2-4-6-13(11)18/h7-8,11,13,17-18H,2-6,15H2,1H3,(H2,16,19,20). The van der Waals surface area contributed by atoms with Crippen molar-refractivity contribution in [2.45, 2.75) is 56.1 Å². The van der Waals surface area contributed by atoms with Gasteiger partial charge >= 0.3 is 0 Å². The zero-order chi connectivity index (χ0) is 15.6. The maximum absolute atomic E-state index is 11.6. The molecule has 1 fully saturated rings. The van der Waals surface area contributed by atoms with Crippen LogP contribution in [0.3, 0.4) is 0 Å². The molecule has 0 heterocycles. The Balaban J connectivity index is 2.33. The van der Waals surface area contributed by atoms with E-state index < -0.39 is 16.1 Å². The number of primary sulfonamides is 1. The number of nitrogens with two attached hydrogens (primary N) is 2.